The molecule has 1 amide bonds. The van der Waals surface area contributed by atoms with Crippen LogP contribution in [0, 0.1) is 0 Å². The Morgan fingerprint density at radius 1 is 1.35 bits per heavy atom. The molecule has 17 heavy (non-hydrogen) atoms. The molecule has 2 rings (SSSR count). The van der Waals surface area contributed by atoms with Crippen LogP contribution in [0.25, 0.3) is 0 Å². The fourth-order valence-corrected chi connectivity index (χ4v) is 4.72. The minimum atomic E-state index is -0.914. The summed E-state index contributed by atoms with van der Waals surface area (Å²) in [6.07, 6.45) is 0.325. The third kappa shape index (κ3) is 2.90. The predicted octanol–water partition coefficient (Wildman–Crippen LogP) is 3.67. The molecule has 1 N–H and O–H groups in total. The molecule has 1 aromatic rings. The number of nitrogens with zero attached hydrogens (tertiary/aromatic N) is 1. The van der Waals surface area contributed by atoms with Gasteiger partial charge in [-0.25, -0.2) is 4.79 Å². The minimum Gasteiger partial charge on any atom is -0.465 e. The average molecular weight is 269 g/mol. The molecule has 0 aromatic heterocycles. The van der Waals surface area contributed by atoms with Crippen LogP contribution < -0.4 is 4.90 Å². The van der Waals surface area contributed by atoms with E-state index in [9.17, 15) is 4.79 Å². The van der Waals surface area contributed by atoms with Gasteiger partial charge in [0.1, 0.15) is 0 Å². The Bertz CT molecular complexity index is 405. The Kier molecular flexibility index (Phi) is 4.23. The summed E-state index contributed by atoms with van der Waals surface area (Å²) in [6, 6.07) is 7.77. The van der Waals surface area contributed by atoms with Gasteiger partial charge in [-0.05, 0) is 29.6 Å². The van der Waals surface area contributed by atoms with Crippen LogP contribution in [0.3, 0.4) is 0 Å². The highest BCUT2D eigenvalue weighted by Gasteiger charge is 2.22. The van der Waals surface area contributed by atoms with Crippen LogP contribution in [0.4, 0.5) is 10.5 Å². The highest BCUT2D eigenvalue weighted by atomic mass is 32.2. The number of hydrogen-bond acceptors (Lipinski definition) is 3. The van der Waals surface area contributed by atoms with Crippen molar-refractivity contribution in [3.05, 3.63) is 29.8 Å². The first-order chi connectivity index (χ1) is 8.20. The zero-order valence-corrected chi connectivity index (χ0v) is 11.3. The van der Waals surface area contributed by atoms with E-state index >= 15 is 0 Å². The number of amides is 1. The zero-order chi connectivity index (χ0) is 12.3. The predicted molar refractivity (Wildman–Crippen MR) is 75.1 cm³/mol. The Labute approximate surface area is 110 Å². The second kappa shape index (κ2) is 5.69. The topological polar surface area (TPSA) is 40.5 Å². The summed E-state index contributed by atoms with van der Waals surface area (Å²) in [5, 5.41) is 9.07. The van der Waals surface area contributed by atoms with Gasteiger partial charge < -0.3 is 5.11 Å². The van der Waals surface area contributed by atoms with E-state index in [2.05, 4.69) is 0 Å². The van der Waals surface area contributed by atoms with E-state index in [4.69, 9.17) is 5.11 Å². The standard InChI is InChI=1S/C12H15NO2S2/c1-13(12(14)15)10-6-3-2-5-9(10)11-16-7-4-8-17-11/h2-3,5-6,11H,4,7-8H2,1H3,(H,14,15). The van der Waals surface area contributed by atoms with E-state index in [-0.39, 0.29) is 0 Å². The van der Waals surface area contributed by atoms with E-state index in [0.717, 1.165) is 22.8 Å². The van der Waals surface area contributed by atoms with Crippen molar-refractivity contribution in [2.45, 2.75) is 11.0 Å². The smallest absolute Gasteiger partial charge is 0.411 e. The van der Waals surface area contributed by atoms with E-state index in [0.29, 0.717) is 4.58 Å². The third-order valence-electron chi connectivity index (χ3n) is 2.67. The lowest BCUT2D eigenvalue weighted by Gasteiger charge is -2.25. The summed E-state index contributed by atoms with van der Waals surface area (Å²) in [4.78, 5) is 12.3. The quantitative estimate of drug-likeness (QED) is 0.889. The lowest BCUT2D eigenvalue weighted by Crippen LogP contribution is -2.25. The summed E-state index contributed by atoms with van der Waals surface area (Å²) >= 11 is 3.81. The maximum atomic E-state index is 11.0. The van der Waals surface area contributed by atoms with Gasteiger partial charge in [0.25, 0.3) is 0 Å². The van der Waals surface area contributed by atoms with Crippen molar-refractivity contribution < 1.29 is 9.90 Å². The van der Waals surface area contributed by atoms with Crippen LogP contribution in [-0.2, 0) is 0 Å². The van der Waals surface area contributed by atoms with E-state index in [1.165, 1.54) is 11.3 Å². The van der Waals surface area contributed by atoms with Crippen LogP contribution in [-0.4, -0.2) is 29.8 Å². The molecule has 0 unspecified atom stereocenters. The first-order valence-electron chi connectivity index (χ1n) is 5.49. The number of anilines is 1. The summed E-state index contributed by atoms with van der Waals surface area (Å²) < 4.78 is 0.363. The summed E-state index contributed by atoms with van der Waals surface area (Å²) in [7, 11) is 1.60. The molecule has 1 heterocycles. The van der Waals surface area contributed by atoms with Gasteiger partial charge in [-0.3, -0.25) is 4.90 Å². The van der Waals surface area contributed by atoms with E-state index < -0.39 is 6.09 Å². The minimum absolute atomic E-state index is 0.363. The fourth-order valence-electron chi connectivity index (χ4n) is 1.76. The summed E-state index contributed by atoms with van der Waals surface area (Å²) in [6.45, 7) is 0. The van der Waals surface area contributed by atoms with Crippen molar-refractivity contribution in [2.75, 3.05) is 23.5 Å². The van der Waals surface area contributed by atoms with E-state index in [1.54, 1.807) is 7.05 Å². The molecule has 1 aliphatic rings. The van der Waals surface area contributed by atoms with Crippen molar-refractivity contribution in [1.82, 2.24) is 0 Å². The number of para-hydroxylation sites is 1. The van der Waals surface area contributed by atoms with Crippen molar-refractivity contribution in [1.29, 1.82) is 0 Å². The second-order valence-corrected chi connectivity index (χ2v) is 6.55. The van der Waals surface area contributed by atoms with Crippen molar-refractivity contribution >= 4 is 35.3 Å². The Morgan fingerprint density at radius 2 is 2.00 bits per heavy atom. The molecular weight excluding hydrogens is 254 g/mol. The highest BCUT2D eigenvalue weighted by molar-refractivity contribution is 8.16. The molecule has 1 aliphatic heterocycles. The summed E-state index contributed by atoms with van der Waals surface area (Å²) in [5.41, 5.74) is 1.92. The molecule has 0 bridgehead atoms. The SMILES string of the molecule is CN(C(=O)O)c1ccccc1C1SCCCS1. The van der Waals surface area contributed by atoms with Gasteiger partial charge in [0.15, 0.2) is 0 Å². The second-order valence-electron chi connectivity index (χ2n) is 3.83. The van der Waals surface area contributed by atoms with Crippen LogP contribution in [0.5, 0.6) is 0 Å². The lowest BCUT2D eigenvalue weighted by atomic mass is 10.2. The van der Waals surface area contributed by atoms with Gasteiger partial charge >= 0.3 is 6.09 Å². The lowest BCUT2D eigenvalue weighted by molar-refractivity contribution is 0.203. The van der Waals surface area contributed by atoms with Crippen molar-refractivity contribution in [3.8, 4) is 0 Å². The number of carbonyl (C=O) groups is 1. The molecule has 3 nitrogen and oxygen atoms in total. The molecule has 0 atom stereocenters. The highest BCUT2D eigenvalue weighted by Crippen LogP contribution is 2.46. The third-order valence-corrected chi connectivity index (χ3v) is 5.64. The number of hydrogen-bond donors (Lipinski definition) is 1. The molecular formula is C12H15NO2S2. The number of thioether (sulfide) groups is 2. The molecule has 5 heteroatoms. The molecule has 0 radical (unpaired) electrons. The van der Waals surface area contributed by atoms with Gasteiger partial charge in [0, 0.05) is 7.05 Å². The zero-order valence-electron chi connectivity index (χ0n) is 9.63. The number of carboxylic acid groups (broad SMARTS) is 1. The van der Waals surface area contributed by atoms with Gasteiger partial charge in [-0.1, -0.05) is 18.2 Å². The fraction of sp³-hybridized carbons (Fsp3) is 0.417. The van der Waals surface area contributed by atoms with Gasteiger partial charge in [0.2, 0.25) is 0 Å². The largest absolute Gasteiger partial charge is 0.465 e. The van der Waals surface area contributed by atoms with Crippen molar-refractivity contribution in [3.63, 3.8) is 0 Å². The first kappa shape index (κ1) is 12.6. The van der Waals surface area contributed by atoms with Crippen LogP contribution >= 0.6 is 23.5 Å². The molecule has 92 valence electrons. The monoisotopic (exact) mass is 269 g/mol. The van der Waals surface area contributed by atoms with Gasteiger partial charge in [-0.2, -0.15) is 0 Å². The van der Waals surface area contributed by atoms with Gasteiger partial charge in [-0.15, -0.1) is 23.5 Å². The Morgan fingerprint density at radius 3 is 2.65 bits per heavy atom. The maximum Gasteiger partial charge on any atom is 0.411 e. The summed E-state index contributed by atoms with van der Waals surface area (Å²) in [5.74, 6) is 2.31. The molecule has 1 saturated heterocycles. The molecule has 0 saturated carbocycles. The maximum absolute atomic E-state index is 11.0. The van der Waals surface area contributed by atoms with Gasteiger partial charge in [0.05, 0.1) is 10.3 Å². The number of rotatable bonds is 2. The first-order valence-corrected chi connectivity index (χ1v) is 7.58. The molecule has 1 fully saturated rings. The molecule has 0 aliphatic carbocycles. The Balaban J connectivity index is 2.29. The van der Waals surface area contributed by atoms with Crippen LogP contribution in [0.15, 0.2) is 24.3 Å². The Hall–Kier alpha value is -0.810. The van der Waals surface area contributed by atoms with E-state index in [1.807, 2.05) is 47.8 Å². The molecule has 1 aromatic carbocycles. The molecule has 0 spiro atoms. The van der Waals surface area contributed by atoms with Crippen LogP contribution in [0.2, 0.25) is 0 Å². The normalized spacial score (nSPS) is 16.8. The average Bonchev–Trinajstić information content (AvgIpc) is 2.39. The van der Waals surface area contributed by atoms with Crippen LogP contribution in [0.1, 0.15) is 16.6 Å². The number of benzene rings is 1. The van der Waals surface area contributed by atoms with Crippen molar-refractivity contribution in [2.24, 2.45) is 0 Å².